The summed E-state index contributed by atoms with van der Waals surface area (Å²) in [7, 11) is 0. The molecule has 1 fully saturated rings. The van der Waals surface area contributed by atoms with Crippen molar-refractivity contribution in [2.45, 2.75) is 6.10 Å². The van der Waals surface area contributed by atoms with E-state index in [4.69, 9.17) is 9.84 Å². The molecule has 1 atom stereocenters. The van der Waals surface area contributed by atoms with Gasteiger partial charge in [0.25, 0.3) is 5.91 Å². The molecular weight excluding hydrogens is 279 g/mol. The lowest BCUT2D eigenvalue weighted by Crippen LogP contribution is -2.48. The van der Waals surface area contributed by atoms with Gasteiger partial charge in [-0.2, -0.15) is 0 Å². The van der Waals surface area contributed by atoms with E-state index >= 15 is 0 Å². The molecule has 0 saturated carbocycles. The summed E-state index contributed by atoms with van der Waals surface area (Å²) in [4.78, 5) is 23.9. The molecule has 5 nitrogen and oxygen atoms in total. The van der Waals surface area contributed by atoms with Gasteiger partial charge in [0, 0.05) is 12.1 Å². The van der Waals surface area contributed by atoms with Gasteiger partial charge in [-0.1, -0.05) is 0 Å². The van der Waals surface area contributed by atoms with Gasteiger partial charge in [0.15, 0.2) is 23.6 Å². The van der Waals surface area contributed by atoms with E-state index in [0.717, 1.165) is 4.90 Å². The van der Waals surface area contributed by atoms with Crippen LogP contribution in [0.25, 0.3) is 0 Å². The molecule has 0 aromatic heterocycles. The van der Waals surface area contributed by atoms with Crippen molar-refractivity contribution in [3.63, 3.8) is 0 Å². The zero-order chi connectivity index (χ0) is 14.9. The quantitative estimate of drug-likeness (QED) is 0.826. The number of carboxylic acids is 1. The number of aliphatic carboxylic acids is 1. The van der Waals surface area contributed by atoms with E-state index in [1.807, 2.05) is 0 Å². The van der Waals surface area contributed by atoms with Gasteiger partial charge in [-0.05, 0) is 12.1 Å². The lowest BCUT2D eigenvalue weighted by molar-refractivity contribution is -0.154. The Kier molecular flexibility index (Phi) is 3.93. The molecule has 1 saturated heterocycles. The SMILES string of the molecule is O=C(O)C1CN(C(=O)c2cc(F)c(F)c(F)c2)CCO1. The summed E-state index contributed by atoms with van der Waals surface area (Å²) < 4.78 is 43.9. The smallest absolute Gasteiger partial charge is 0.334 e. The fraction of sp³-hybridized carbons (Fsp3) is 0.333. The zero-order valence-electron chi connectivity index (χ0n) is 10.1. The average molecular weight is 289 g/mol. The minimum absolute atomic E-state index is 0.00509. The summed E-state index contributed by atoms with van der Waals surface area (Å²) in [6.45, 7) is -0.160. The first kappa shape index (κ1) is 14.3. The van der Waals surface area contributed by atoms with Gasteiger partial charge in [-0.15, -0.1) is 0 Å². The third kappa shape index (κ3) is 2.74. The number of nitrogens with zero attached hydrogens (tertiary/aromatic N) is 1. The molecule has 1 N–H and O–H groups in total. The molecule has 0 bridgehead atoms. The number of hydrogen-bond acceptors (Lipinski definition) is 3. The maximum absolute atomic E-state index is 13.1. The predicted octanol–water partition coefficient (Wildman–Crippen LogP) is 1.03. The summed E-state index contributed by atoms with van der Waals surface area (Å²) in [6, 6.07) is 1.15. The standard InChI is InChI=1S/C12H10F3NO4/c13-7-3-6(4-8(14)10(7)15)11(17)16-1-2-20-9(5-16)12(18)19/h3-4,9H,1-2,5H2,(H,18,19). The highest BCUT2D eigenvalue weighted by Crippen LogP contribution is 2.16. The summed E-state index contributed by atoms with van der Waals surface area (Å²) in [5.74, 6) is -6.63. The highest BCUT2D eigenvalue weighted by atomic mass is 19.2. The number of halogens is 3. The molecule has 1 aromatic rings. The van der Waals surface area contributed by atoms with Crippen molar-refractivity contribution in [2.75, 3.05) is 19.7 Å². The Bertz CT molecular complexity index is 541. The van der Waals surface area contributed by atoms with Crippen molar-refractivity contribution in [1.29, 1.82) is 0 Å². The summed E-state index contributed by atoms with van der Waals surface area (Å²) in [6.07, 6.45) is -1.19. The molecule has 1 heterocycles. The van der Waals surface area contributed by atoms with E-state index in [1.165, 1.54) is 0 Å². The lowest BCUT2D eigenvalue weighted by atomic mass is 10.1. The third-order valence-corrected chi connectivity index (χ3v) is 2.86. The number of rotatable bonds is 2. The van der Waals surface area contributed by atoms with Crippen LogP contribution in [0.3, 0.4) is 0 Å². The van der Waals surface area contributed by atoms with E-state index < -0.39 is 35.4 Å². The van der Waals surface area contributed by atoms with Crippen LogP contribution in [-0.2, 0) is 9.53 Å². The van der Waals surface area contributed by atoms with Crippen LogP contribution in [0, 0.1) is 17.5 Å². The Hall–Kier alpha value is -2.09. The number of carbonyl (C=O) groups is 2. The van der Waals surface area contributed by atoms with Gasteiger partial charge < -0.3 is 14.7 Å². The second kappa shape index (κ2) is 5.49. The van der Waals surface area contributed by atoms with Crippen molar-refractivity contribution in [3.05, 3.63) is 35.1 Å². The van der Waals surface area contributed by atoms with Gasteiger partial charge >= 0.3 is 5.97 Å². The summed E-state index contributed by atoms with van der Waals surface area (Å²) >= 11 is 0. The second-order valence-electron chi connectivity index (χ2n) is 4.20. The number of carbonyl (C=O) groups excluding carboxylic acids is 1. The van der Waals surface area contributed by atoms with Crippen molar-refractivity contribution in [3.8, 4) is 0 Å². The average Bonchev–Trinajstić information content (AvgIpc) is 2.43. The normalized spacial score (nSPS) is 18.9. The van der Waals surface area contributed by atoms with Gasteiger partial charge in [-0.25, -0.2) is 18.0 Å². The topological polar surface area (TPSA) is 66.8 Å². The molecule has 1 aliphatic rings. The van der Waals surface area contributed by atoms with Crippen LogP contribution in [0.1, 0.15) is 10.4 Å². The highest BCUT2D eigenvalue weighted by Gasteiger charge is 2.30. The first-order chi connectivity index (χ1) is 9.40. The first-order valence-corrected chi connectivity index (χ1v) is 5.68. The molecule has 2 rings (SSSR count). The Morgan fingerprint density at radius 3 is 2.40 bits per heavy atom. The Balaban J connectivity index is 2.21. The van der Waals surface area contributed by atoms with E-state index in [9.17, 15) is 22.8 Å². The lowest BCUT2D eigenvalue weighted by Gasteiger charge is -2.30. The Morgan fingerprint density at radius 2 is 1.85 bits per heavy atom. The van der Waals surface area contributed by atoms with Gasteiger partial charge in [-0.3, -0.25) is 4.79 Å². The number of ether oxygens (including phenoxy) is 1. The summed E-state index contributed by atoms with van der Waals surface area (Å²) in [5, 5.41) is 8.80. The van der Waals surface area contributed by atoms with Crippen molar-refractivity contribution in [2.24, 2.45) is 0 Å². The van der Waals surface area contributed by atoms with Gasteiger partial charge in [0.1, 0.15) is 0 Å². The van der Waals surface area contributed by atoms with Crippen molar-refractivity contribution >= 4 is 11.9 Å². The maximum atomic E-state index is 13.1. The third-order valence-electron chi connectivity index (χ3n) is 2.86. The fourth-order valence-corrected chi connectivity index (χ4v) is 1.84. The first-order valence-electron chi connectivity index (χ1n) is 5.68. The minimum atomic E-state index is -1.66. The molecule has 108 valence electrons. The Morgan fingerprint density at radius 1 is 1.25 bits per heavy atom. The number of hydrogen-bond donors (Lipinski definition) is 1. The van der Waals surface area contributed by atoms with Crippen LogP contribution < -0.4 is 0 Å². The molecule has 1 aliphatic heterocycles. The zero-order valence-corrected chi connectivity index (χ0v) is 10.1. The van der Waals surface area contributed by atoms with Crippen molar-refractivity contribution < 1.29 is 32.6 Å². The molecule has 0 aliphatic carbocycles. The van der Waals surface area contributed by atoms with Crippen LogP contribution in [-0.4, -0.2) is 47.7 Å². The number of carboxylic acid groups (broad SMARTS) is 1. The second-order valence-corrected chi connectivity index (χ2v) is 4.20. The predicted molar refractivity (Wildman–Crippen MR) is 59.6 cm³/mol. The molecular formula is C12H10F3NO4. The molecule has 0 spiro atoms. The summed E-state index contributed by atoms with van der Waals surface area (Å²) in [5.41, 5.74) is -0.382. The molecule has 20 heavy (non-hydrogen) atoms. The number of amides is 1. The van der Waals surface area contributed by atoms with E-state index in [1.54, 1.807) is 0 Å². The van der Waals surface area contributed by atoms with Crippen LogP contribution >= 0.6 is 0 Å². The van der Waals surface area contributed by atoms with Crippen molar-refractivity contribution in [1.82, 2.24) is 4.90 Å². The van der Waals surface area contributed by atoms with Crippen LogP contribution in [0.5, 0.6) is 0 Å². The van der Waals surface area contributed by atoms with Crippen LogP contribution in [0.2, 0.25) is 0 Å². The fourth-order valence-electron chi connectivity index (χ4n) is 1.84. The van der Waals surface area contributed by atoms with E-state index in [2.05, 4.69) is 0 Å². The number of morpholine rings is 1. The van der Waals surface area contributed by atoms with E-state index in [0.29, 0.717) is 12.1 Å². The maximum Gasteiger partial charge on any atom is 0.334 e. The molecule has 0 radical (unpaired) electrons. The molecule has 8 heteroatoms. The van der Waals surface area contributed by atoms with Crippen LogP contribution in [0.4, 0.5) is 13.2 Å². The Labute approximate surface area is 111 Å². The number of benzene rings is 1. The van der Waals surface area contributed by atoms with Gasteiger partial charge in [0.05, 0.1) is 13.2 Å². The minimum Gasteiger partial charge on any atom is -0.479 e. The molecule has 1 aromatic carbocycles. The highest BCUT2D eigenvalue weighted by molar-refractivity contribution is 5.94. The van der Waals surface area contributed by atoms with E-state index in [-0.39, 0.29) is 25.3 Å². The van der Waals surface area contributed by atoms with Crippen LogP contribution in [0.15, 0.2) is 12.1 Å². The largest absolute Gasteiger partial charge is 0.479 e. The molecule has 1 amide bonds. The molecule has 1 unspecified atom stereocenters. The monoisotopic (exact) mass is 289 g/mol. The van der Waals surface area contributed by atoms with Gasteiger partial charge in [0.2, 0.25) is 0 Å².